The lowest BCUT2D eigenvalue weighted by atomic mass is 10.0. The molecule has 0 radical (unpaired) electrons. The number of carbonyl (C=O) groups excluding carboxylic acids is 1. The second-order valence-corrected chi connectivity index (χ2v) is 5.12. The van der Waals surface area contributed by atoms with Gasteiger partial charge in [0.05, 0.1) is 35.5 Å². The summed E-state index contributed by atoms with van der Waals surface area (Å²) in [4.78, 5) is 12.2. The van der Waals surface area contributed by atoms with Gasteiger partial charge < -0.3 is 15.8 Å². The molecule has 3 rings (SSSR count). The van der Waals surface area contributed by atoms with Crippen LogP contribution < -0.4 is 11.1 Å². The summed E-state index contributed by atoms with van der Waals surface area (Å²) in [6.07, 6.45) is 1.45. The summed E-state index contributed by atoms with van der Waals surface area (Å²) in [5, 5.41) is 14.1. The first-order chi connectivity index (χ1) is 10.1. The van der Waals surface area contributed by atoms with Crippen molar-refractivity contribution in [2.24, 2.45) is 11.7 Å². The van der Waals surface area contributed by atoms with E-state index in [9.17, 15) is 4.79 Å². The zero-order chi connectivity index (χ0) is 14.8. The molecule has 21 heavy (non-hydrogen) atoms. The molecule has 0 spiro atoms. The summed E-state index contributed by atoms with van der Waals surface area (Å²) >= 11 is 6.11. The van der Waals surface area contributed by atoms with Crippen LogP contribution in [0, 0.1) is 5.92 Å². The third-order valence-corrected chi connectivity index (χ3v) is 3.61. The van der Waals surface area contributed by atoms with Crippen LogP contribution in [0.25, 0.3) is 5.69 Å². The van der Waals surface area contributed by atoms with Crippen LogP contribution in [0.2, 0.25) is 5.02 Å². The summed E-state index contributed by atoms with van der Waals surface area (Å²) in [7, 11) is 0. The molecule has 110 valence electrons. The number of tetrazole rings is 1. The van der Waals surface area contributed by atoms with Crippen molar-refractivity contribution in [2.75, 3.05) is 18.5 Å². The zero-order valence-electron chi connectivity index (χ0n) is 10.9. The third-order valence-electron chi connectivity index (χ3n) is 3.28. The van der Waals surface area contributed by atoms with Gasteiger partial charge in [-0.05, 0) is 28.6 Å². The average Bonchev–Trinajstić information content (AvgIpc) is 3.12. The Morgan fingerprint density at radius 1 is 1.48 bits per heavy atom. The predicted molar refractivity (Wildman–Crippen MR) is 75.1 cm³/mol. The highest BCUT2D eigenvalue weighted by Crippen LogP contribution is 2.25. The Kier molecular flexibility index (Phi) is 3.82. The van der Waals surface area contributed by atoms with Crippen LogP contribution in [0.3, 0.4) is 0 Å². The van der Waals surface area contributed by atoms with E-state index in [4.69, 9.17) is 22.1 Å². The van der Waals surface area contributed by atoms with E-state index in [0.29, 0.717) is 29.6 Å². The smallest absolute Gasteiger partial charge is 0.231 e. The topological polar surface area (TPSA) is 108 Å². The minimum absolute atomic E-state index is 0.212. The molecule has 3 N–H and O–H groups in total. The highest BCUT2D eigenvalue weighted by molar-refractivity contribution is 6.33. The van der Waals surface area contributed by atoms with Crippen molar-refractivity contribution in [3.63, 3.8) is 0 Å². The lowest BCUT2D eigenvalue weighted by Crippen LogP contribution is -2.37. The molecule has 2 heterocycles. The van der Waals surface area contributed by atoms with Crippen LogP contribution in [-0.4, -0.2) is 45.4 Å². The Morgan fingerprint density at radius 2 is 2.33 bits per heavy atom. The van der Waals surface area contributed by atoms with Gasteiger partial charge in [-0.15, -0.1) is 5.10 Å². The molecule has 2 aromatic rings. The number of halogens is 1. The second kappa shape index (κ2) is 5.76. The molecular weight excluding hydrogens is 296 g/mol. The fourth-order valence-electron chi connectivity index (χ4n) is 2.10. The van der Waals surface area contributed by atoms with E-state index in [1.165, 1.54) is 11.0 Å². The predicted octanol–water partition coefficient (Wildman–Crippen LogP) is 0.228. The fraction of sp³-hybridized carbons (Fsp3) is 0.333. The maximum Gasteiger partial charge on any atom is 0.231 e. The van der Waals surface area contributed by atoms with E-state index in [0.717, 1.165) is 0 Å². The van der Waals surface area contributed by atoms with Crippen molar-refractivity contribution >= 4 is 23.2 Å². The first kappa shape index (κ1) is 13.9. The number of nitrogens with one attached hydrogen (secondary N) is 1. The van der Waals surface area contributed by atoms with Gasteiger partial charge in [-0.1, -0.05) is 11.6 Å². The number of hydrogen-bond donors (Lipinski definition) is 2. The van der Waals surface area contributed by atoms with E-state index in [1.807, 2.05) is 0 Å². The van der Waals surface area contributed by atoms with Gasteiger partial charge in [0.15, 0.2) is 0 Å². The molecular formula is C12H13ClN6O2. The molecule has 2 unspecified atom stereocenters. The monoisotopic (exact) mass is 308 g/mol. The van der Waals surface area contributed by atoms with Crippen LogP contribution >= 0.6 is 11.6 Å². The number of nitrogens with zero attached hydrogens (tertiary/aromatic N) is 4. The SMILES string of the molecule is NC1COCC1C(=O)Nc1cc(-n2cnnn2)ccc1Cl. The summed E-state index contributed by atoms with van der Waals surface area (Å²) in [6, 6.07) is 4.81. The molecule has 1 amide bonds. The molecule has 1 aliphatic heterocycles. The number of anilines is 1. The number of aromatic nitrogens is 4. The summed E-state index contributed by atoms with van der Waals surface area (Å²) in [6.45, 7) is 0.702. The maximum absolute atomic E-state index is 12.2. The Hall–Kier alpha value is -2.03. The minimum Gasteiger partial charge on any atom is -0.379 e. The zero-order valence-corrected chi connectivity index (χ0v) is 11.7. The number of benzene rings is 1. The van der Waals surface area contributed by atoms with Gasteiger partial charge in [0.2, 0.25) is 5.91 Å². The van der Waals surface area contributed by atoms with E-state index >= 15 is 0 Å². The van der Waals surface area contributed by atoms with Crippen molar-refractivity contribution in [1.82, 2.24) is 20.2 Å². The average molecular weight is 309 g/mol. The van der Waals surface area contributed by atoms with E-state index in [-0.39, 0.29) is 17.9 Å². The molecule has 1 aromatic heterocycles. The molecule has 8 nitrogen and oxygen atoms in total. The Bertz CT molecular complexity index is 647. The Labute approximate surface area is 125 Å². The number of amides is 1. The quantitative estimate of drug-likeness (QED) is 0.840. The van der Waals surface area contributed by atoms with Gasteiger partial charge in [0.25, 0.3) is 0 Å². The largest absolute Gasteiger partial charge is 0.379 e. The van der Waals surface area contributed by atoms with Crippen molar-refractivity contribution in [3.05, 3.63) is 29.5 Å². The molecule has 1 saturated heterocycles. The lowest BCUT2D eigenvalue weighted by molar-refractivity contribution is -0.120. The molecule has 1 aliphatic rings. The molecule has 0 bridgehead atoms. The fourth-order valence-corrected chi connectivity index (χ4v) is 2.26. The number of nitrogens with two attached hydrogens (primary N) is 1. The van der Waals surface area contributed by atoms with Gasteiger partial charge in [-0.25, -0.2) is 4.68 Å². The van der Waals surface area contributed by atoms with Crippen LogP contribution in [0.5, 0.6) is 0 Å². The Morgan fingerprint density at radius 3 is 3.00 bits per heavy atom. The van der Waals surface area contributed by atoms with E-state index < -0.39 is 0 Å². The lowest BCUT2D eigenvalue weighted by Gasteiger charge is -2.14. The highest BCUT2D eigenvalue weighted by atomic mass is 35.5. The number of rotatable bonds is 3. The van der Waals surface area contributed by atoms with Gasteiger partial charge in [0.1, 0.15) is 6.33 Å². The summed E-state index contributed by atoms with van der Waals surface area (Å²) < 4.78 is 6.66. The summed E-state index contributed by atoms with van der Waals surface area (Å²) in [5.41, 5.74) is 7.00. The molecule has 2 atom stereocenters. The maximum atomic E-state index is 12.2. The standard InChI is InChI=1S/C12H13ClN6O2/c13-9-2-1-7(19-6-15-17-18-19)3-11(9)16-12(20)8-4-21-5-10(8)14/h1-3,6,8,10H,4-5,14H2,(H,16,20). The Balaban J connectivity index is 1.81. The van der Waals surface area contributed by atoms with Gasteiger partial charge in [-0.3, -0.25) is 4.79 Å². The van der Waals surface area contributed by atoms with Crippen LogP contribution in [0.1, 0.15) is 0 Å². The van der Waals surface area contributed by atoms with Crippen molar-refractivity contribution in [1.29, 1.82) is 0 Å². The first-order valence-electron chi connectivity index (χ1n) is 6.32. The second-order valence-electron chi connectivity index (χ2n) is 4.72. The van der Waals surface area contributed by atoms with Crippen LogP contribution in [0.15, 0.2) is 24.5 Å². The van der Waals surface area contributed by atoms with E-state index in [1.54, 1.807) is 18.2 Å². The van der Waals surface area contributed by atoms with Crippen molar-refractivity contribution < 1.29 is 9.53 Å². The molecule has 9 heteroatoms. The van der Waals surface area contributed by atoms with E-state index in [2.05, 4.69) is 20.8 Å². The van der Waals surface area contributed by atoms with Crippen LogP contribution in [-0.2, 0) is 9.53 Å². The van der Waals surface area contributed by atoms with Crippen molar-refractivity contribution in [3.8, 4) is 5.69 Å². The van der Waals surface area contributed by atoms with Gasteiger partial charge in [-0.2, -0.15) is 0 Å². The highest BCUT2D eigenvalue weighted by Gasteiger charge is 2.31. The number of ether oxygens (including phenoxy) is 1. The third kappa shape index (κ3) is 2.87. The van der Waals surface area contributed by atoms with Crippen LogP contribution in [0.4, 0.5) is 5.69 Å². The normalized spacial score (nSPS) is 21.4. The molecule has 0 saturated carbocycles. The molecule has 1 aromatic carbocycles. The van der Waals surface area contributed by atoms with Gasteiger partial charge in [0, 0.05) is 6.04 Å². The summed E-state index contributed by atoms with van der Waals surface area (Å²) in [5.74, 6) is -0.589. The van der Waals surface area contributed by atoms with Gasteiger partial charge >= 0.3 is 0 Å². The first-order valence-corrected chi connectivity index (χ1v) is 6.70. The minimum atomic E-state index is -0.377. The molecule has 0 aliphatic carbocycles. The number of carbonyl (C=O) groups is 1. The van der Waals surface area contributed by atoms with Crippen molar-refractivity contribution in [2.45, 2.75) is 6.04 Å². The number of hydrogen-bond acceptors (Lipinski definition) is 6. The molecule has 1 fully saturated rings.